The summed E-state index contributed by atoms with van der Waals surface area (Å²) in [5.41, 5.74) is 12.8. The zero-order chi connectivity index (χ0) is 12.3. The Hall–Kier alpha value is -1.71. The van der Waals surface area contributed by atoms with Crippen molar-refractivity contribution < 1.29 is 4.79 Å². The summed E-state index contributed by atoms with van der Waals surface area (Å²) in [5, 5.41) is 0. The standard InChI is InChI=1S/C12H19N3O/c1-4-8(2)15(3)11-6-5-9(13)7-10(11)12(14)16/h5-8H,4,13H2,1-3H3,(H2,14,16). The third kappa shape index (κ3) is 2.45. The maximum Gasteiger partial charge on any atom is 0.250 e. The molecule has 4 nitrogen and oxygen atoms in total. The Labute approximate surface area is 96.2 Å². The van der Waals surface area contributed by atoms with Crippen LogP contribution in [0.1, 0.15) is 30.6 Å². The van der Waals surface area contributed by atoms with Crippen molar-refractivity contribution in [2.75, 3.05) is 17.7 Å². The lowest BCUT2D eigenvalue weighted by Gasteiger charge is -2.27. The van der Waals surface area contributed by atoms with E-state index in [4.69, 9.17) is 11.5 Å². The van der Waals surface area contributed by atoms with Crippen LogP contribution in [0.15, 0.2) is 18.2 Å². The van der Waals surface area contributed by atoms with E-state index < -0.39 is 5.91 Å². The van der Waals surface area contributed by atoms with Crippen molar-refractivity contribution in [3.8, 4) is 0 Å². The average molecular weight is 221 g/mol. The summed E-state index contributed by atoms with van der Waals surface area (Å²) in [4.78, 5) is 13.4. The fourth-order valence-electron chi connectivity index (χ4n) is 1.57. The van der Waals surface area contributed by atoms with Gasteiger partial charge < -0.3 is 16.4 Å². The van der Waals surface area contributed by atoms with Gasteiger partial charge in [0.2, 0.25) is 0 Å². The van der Waals surface area contributed by atoms with E-state index >= 15 is 0 Å². The highest BCUT2D eigenvalue weighted by Gasteiger charge is 2.15. The number of primary amides is 1. The number of nitrogen functional groups attached to an aromatic ring is 1. The maximum atomic E-state index is 11.3. The van der Waals surface area contributed by atoms with Gasteiger partial charge in [-0.2, -0.15) is 0 Å². The fourth-order valence-corrected chi connectivity index (χ4v) is 1.57. The number of nitrogens with two attached hydrogens (primary N) is 2. The second-order valence-corrected chi connectivity index (χ2v) is 4.01. The lowest BCUT2D eigenvalue weighted by molar-refractivity contribution is 0.100. The van der Waals surface area contributed by atoms with Crippen molar-refractivity contribution >= 4 is 17.3 Å². The van der Waals surface area contributed by atoms with Crippen molar-refractivity contribution in [3.05, 3.63) is 23.8 Å². The van der Waals surface area contributed by atoms with Crippen molar-refractivity contribution in [3.63, 3.8) is 0 Å². The van der Waals surface area contributed by atoms with Gasteiger partial charge in [-0.05, 0) is 31.5 Å². The molecule has 0 bridgehead atoms. The molecule has 0 radical (unpaired) electrons. The summed E-state index contributed by atoms with van der Waals surface area (Å²) < 4.78 is 0. The molecule has 0 saturated carbocycles. The topological polar surface area (TPSA) is 72.3 Å². The number of anilines is 2. The molecular weight excluding hydrogens is 202 g/mol. The van der Waals surface area contributed by atoms with Gasteiger partial charge in [0.25, 0.3) is 5.91 Å². The van der Waals surface area contributed by atoms with Gasteiger partial charge in [-0.3, -0.25) is 4.79 Å². The van der Waals surface area contributed by atoms with E-state index in [1.165, 1.54) is 0 Å². The third-order valence-electron chi connectivity index (χ3n) is 2.92. The van der Waals surface area contributed by atoms with Crippen LogP contribution < -0.4 is 16.4 Å². The van der Waals surface area contributed by atoms with Crippen molar-refractivity contribution in [1.29, 1.82) is 0 Å². The first-order valence-corrected chi connectivity index (χ1v) is 5.39. The number of amides is 1. The van der Waals surface area contributed by atoms with E-state index in [0.717, 1.165) is 12.1 Å². The summed E-state index contributed by atoms with van der Waals surface area (Å²) in [5.74, 6) is -0.447. The molecule has 1 rings (SSSR count). The Kier molecular flexibility index (Phi) is 3.77. The monoisotopic (exact) mass is 221 g/mol. The van der Waals surface area contributed by atoms with Gasteiger partial charge >= 0.3 is 0 Å². The normalized spacial score (nSPS) is 12.2. The fraction of sp³-hybridized carbons (Fsp3) is 0.417. The number of nitrogens with zero attached hydrogens (tertiary/aromatic N) is 1. The summed E-state index contributed by atoms with van der Waals surface area (Å²) in [6.45, 7) is 4.20. The molecule has 0 aliphatic heterocycles. The zero-order valence-electron chi connectivity index (χ0n) is 10.0. The zero-order valence-corrected chi connectivity index (χ0v) is 10.0. The number of benzene rings is 1. The minimum absolute atomic E-state index is 0.349. The molecule has 0 spiro atoms. The summed E-state index contributed by atoms with van der Waals surface area (Å²) >= 11 is 0. The Morgan fingerprint density at radius 3 is 2.62 bits per heavy atom. The number of carbonyl (C=O) groups is 1. The Bertz CT molecular complexity index is 390. The highest BCUT2D eigenvalue weighted by molar-refractivity contribution is 5.99. The first-order valence-electron chi connectivity index (χ1n) is 5.39. The van der Waals surface area contributed by atoms with Crippen LogP contribution in [0.25, 0.3) is 0 Å². The Balaban J connectivity index is 3.17. The molecule has 88 valence electrons. The Morgan fingerprint density at radius 1 is 1.50 bits per heavy atom. The maximum absolute atomic E-state index is 11.3. The van der Waals surface area contributed by atoms with Crippen LogP contribution in [-0.2, 0) is 0 Å². The SMILES string of the molecule is CCC(C)N(C)c1ccc(N)cc1C(N)=O. The van der Waals surface area contributed by atoms with E-state index in [9.17, 15) is 4.79 Å². The van der Waals surface area contributed by atoms with Gasteiger partial charge in [0.05, 0.1) is 5.56 Å². The first kappa shape index (κ1) is 12.4. The smallest absolute Gasteiger partial charge is 0.250 e. The lowest BCUT2D eigenvalue weighted by atomic mass is 10.1. The largest absolute Gasteiger partial charge is 0.399 e. The summed E-state index contributed by atoms with van der Waals surface area (Å²) in [6.07, 6.45) is 0.999. The van der Waals surface area contributed by atoms with Gasteiger partial charge in [-0.15, -0.1) is 0 Å². The number of carbonyl (C=O) groups excluding carboxylic acids is 1. The second-order valence-electron chi connectivity index (χ2n) is 4.01. The molecular formula is C12H19N3O. The van der Waals surface area contributed by atoms with E-state index in [1.807, 2.05) is 18.0 Å². The minimum Gasteiger partial charge on any atom is -0.399 e. The predicted molar refractivity (Wildman–Crippen MR) is 67.5 cm³/mol. The van der Waals surface area contributed by atoms with Gasteiger partial charge in [-0.1, -0.05) is 6.92 Å². The quantitative estimate of drug-likeness (QED) is 0.758. The molecule has 1 unspecified atom stereocenters. The summed E-state index contributed by atoms with van der Waals surface area (Å²) in [6, 6.07) is 5.58. The molecule has 0 fully saturated rings. The molecule has 4 N–H and O–H groups in total. The molecule has 0 aliphatic rings. The molecule has 1 aromatic rings. The molecule has 0 aromatic heterocycles. The van der Waals surface area contributed by atoms with Crippen molar-refractivity contribution in [2.24, 2.45) is 5.73 Å². The molecule has 0 aliphatic carbocycles. The van der Waals surface area contributed by atoms with Crippen LogP contribution in [0.4, 0.5) is 11.4 Å². The number of rotatable bonds is 4. The molecule has 0 heterocycles. The van der Waals surface area contributed by atoms with E-state index in [2.05, 4.69) is 13.8 Å². The lowest BCUT2D eigenvalue weighted by Crippen LogP contribution is -2.30. The first-order chi connectivity index (χ1) is 7.47. The Morgan fingerprint density at radius 2 is 2.12 bits per heavy atom. The predicted octanol–water partition coefficient (Wildman–Crippen LogP) is 1.60. The van der Waals surface area contributed by atoms with E-state index in [0.29, 0.717) is 17.3 Å². The molecule has 0 saturated heterocycles. The van der Waals surface area contributed by atoms with Gasteiger partial charge in [0, 0.05) is 24.5 Å². The number of hydrogen-bond donors (Lipinski definition) is 2. The molecule has 1 atom stereocenters. The molecule has 1 amide bonds. The molecule has 1 aromatic carbocycles. The van der Waals surface area contributed by atoms with Crippen molar-refractivity contribution in [2.45, 2.75) is 26.3 Å². The van der Waals surface area contributed by atoms with Crippen LogP contribution in [0.3, 0.4) is 0 Å². The van der Waals surface area contributed by atoms with Crippen LogP contribution >= 0.6 is 0 Å². The third-order valence-corrected chi connectivity index (χ3v) is 2.92. The van der Waals surface area contributed by atoms with Gasteiger partial charge in [0.15, 0.2) is 0 Å². The highest BCUT2D eigenvalue weighted by atomic mass is 16.1. The average Bonchev–Trinajstić information content (AvgIpc) is 2.26. The van der Waals surface area contributed by atoms with E-state index in [1.54, 1.807) is 12.1 Å². The van der Waals surface area contributed by atoms with Gasteiger partial charge in [0.1, 0.15) is 0 Å². The van der Waals surface area contributed by atoms with Crippen molar-refractivity contribution in [1.82, 2.24) is 0 Å². The molecule has 4 heteroatoms. The minimum atomic E-state index is -0.447. The van der Waals surface area contributed by atoms with Crippen LogP contribution in [0.2, 0.25) is 0 Å². The van der Waals surface area contributed by atoms with Crippen LogP contribution in [0.5, 0.6) is 0 Å². The van der Waals surface area contributed by atoms with Crippen LogP contribution in [0, 0.1) is 0 Å². The second kappa shape index (κ2) is 4.88. The summed E-state index contributed by atoms with van der Waals surface area (Å²) in [7, 11) is 1.95. The van der Waals surface area contributed by atoms with Gasteiger partial charge in [-0.25, -0.2) is 0 Å². The van der Waals surface area contributed by atoms with Crippen LogP contribution in [-0.4, -0.2) is 19.0 Å². The highest BCUT2D eigenvalue weighted by Crippen LogP contribution is 2.24. The molecule has 16 heavy (non-hydrogen) atoms. The van der Waals surface area contributed by atoms with E-state index in [-0.39, 0.29) is 0 Å². The number of hydrogen-bond acceptors (Lipinski definition) is 3.